The first-order valence-corrected chi connectivity index (χ1v) is 8.41. The van der Waals surface area contributed by atoms with Crippen molar-refractivity contribution in [3.05, 3.63) is 75.2 Å². The van der Waals surface area contributed by atoms with Crippen molar-refractivity contribution in [2.75, 3.05) is 5.73 Å². The molecule has 10 heteroatoms. The molecule has 1 aromatic heterocycles. The Labute approximate surface area is 166 Å². The zero-order valence-corrected chi connectivity index (χ0v) is 15.4. The minimum Gasteiger partial charge on any atom is -0.456 e. The van der Waals surface area contributed by atoms with E-state index < -0.39 is 35.7 Å². The van der Waals surface area contributed by atoms with Gasteiger partial charge in [0.2, 0.25) is 0 Å². The van der Waals surface area contributed by atoms with E-state index in [9.17, 15) is 18.0 Å². The molecule has 0 amide bonds. The summed E-state index contributed by atoms with van der Waals surface area (Å²) in [5.74, 6) is -3.92. The minimum atomic E-state index is -1.04. The monoisotopic (exact) mass is 427 g/mol. The number of anilines is 1. The Morgan fingerprint density at radius 2 is 1.79 bits per heavy atom. The highest BCUT2D eigenvalue weighted by atomic mass is 35.5. The first-order chi connectivity index (χ1) is 13.3. The van der Waals surface area contributed by atoms with E-state index in [-0.39, 0.29) is 32.8 Å². The van der Waals surface area contributed by atoms with E-state index in [1.165, 1.54) is 12.1 Å². The number of carbonyl (C=O) groups is 1. The Morgan fingerprint density at radius 3 is 2.46 bits per heavy atom. The minimum absolute atomic E-state index is 0.0585. The molecule has 0 bridgehead atoms. The van der Waals surface area contributed by atoms with Crippen LogP contribution in [0.3, 0.4) is 0 Å². The smallest absolute Gasteiger partial charge is 0.359 e. The number of hydrogen-bond donors (Lipinski definition) is 1. The van der Waals surface area contributed by atoms with Crippen LogP contribution in [-0.4, -0.2) is 15.9 Å². The third kappa shape index (κ3) is 4.18. The van der Waals surface area contributed by atoms with Crippen LogP contribution in [0, 0.1) is 17.5 Å². The Balaban J connectivity index is 1.90. The number of halogens is 5. The van der Waals surface area contributed by atoms with E-state index in [0.29, 0.717) is 6.07 Å². The van der Waals surface area contributed by atoms with Crippen LogP contribution >= 0.6 is 23.2 Å². The summed E-state index contributed by atoms with van der Waals surface area (Å²) in [5, 5.41) is -0.146. The van der Waals surface area contributed by atoms with Crippen molar-refractivity contribution in [1.82, 2.24) is 9.97 Å². The molecule has 2 aromatic carbocycles. The summed E-state index contributed by atoms with van der Waals surface area (Å²) in [6, 6.07) is 6.55. The molecule has 0 radical (unpaired) electrons. The number of nitrogens with two attached hydrogens (primary N) is 1. The molecule has 0 aliphatic carbocycles. The molecule has 0 atom stereocenters. The average molecular weight is 428 g/mol. The standard InChI is InChI=1S/C18H10Cl2F3N3O2/c19-9-2-4-11(13(23)5-9)17-25-15(14(20)16(24)26-17)18(27)28-7-8-1-3-10(21)6-12(8)22/h1-6H,7H2,(H2,24,25,26). The van der Waals surface area contributed by atoms with Gasteiger partial charge >= 0.3 is 5.97 Å². The third-order valence-electron chi connectivity index (χ3n) is 3.62. The van der Waals surface area contributed by atoms with E-state index in [0.717, 1.165) is 18.2 Å². The van der Waals surface area contributed by atoms with Crippen LogP contribution in [0.5, 0.6) is 0 Å². The molecule has 1 heterocycles. The number of aromatic nitrogens is 2. The predicted molar refractivity (Wildman–Crippen MR) is 97.3 cm³/mol. The molecule has 3 rings (SSSR count). The lowest BCUT2D eigenvalue weighted by Crippen LogP contribution is -2.12. The molecule has 0 saturated heterocycles. The fourth-order valence-corrected chi connectivity index (χ4v) is 2.56. The predicted octanol–water partition coefficient (Wildman–Crippen LogP) is 4.81. The molecule has 144 valence electrons. The van der Waals surface area contributed by atoms with Crippen LogP contribution in [0.1, 0.15) is 16.1 Å². The maximum atomic E-state index is 14.1. The zero-order valence-electron chi connectivity index (χ0n) is 13.8. The van der Waals surface area contributed by atoms with Gasteiger partial charge < -0.3 is 10.5 Å². The second-order valence-corrected chi connectivity index (χ2v) is 6.35. The Kier molecular flexibility index (Phi) is 5.71. The van der Waals surface area contributed by atoms with Crippen molar-refractivity contribution in [1.29, 1.82) is 0 Å². The largest absolute Gasteiger partial charge is 0.456 e. The van der Waals surface area contributed by atoms with Crippen LogP contribution in [0.25, 0.3) is 11.4 Å². The van der Waals surface area contributed by atoms with E-state index in [1.54, 1.807) is 0 Å². The first kappa shape index (κ1) is 19.9. The second kappa shape index (κ2) is 8.04. The van der Waals surface area contributed by atoms with Crippen molar-refractivity contribution in [3.8, 4) is 11.4 Å². The summed E-state index contributed by atoms with van der Waals surface area (Å²) in [6.45, 7) is -0.504. The van der Waals surface area contributed by atoms with Crippen LogP contribution in [0.4, 0.5) is 19.0 Å². The Hall–Kier alpha value is -2.84. The highest BCUT2D eigenvalue weighted by Crippen LogP contribution is 2.28. The molecule has 0 spiro atoms. The van der Waals surface area contributed by atoms with Crippen molar-refractivity contribution in [2.24, 2.45) is 0 Å². The highest BCUT2D eigenvalue weighted by Gasteiger charge is 2.21. The Bertz CT molecular complexity index is 1080. The number of rotatable bonds is 4. The van der Waals surface area contributed by atoms with Crippen molar-refractivity contribution < 1.29 is 22.7 Å². The molecule has 0 aliphatic heterocycles. The van der Waals surface area contributed by atoms with Gasteiger partial charge in [-0.05, 0) is 30.3 Å². The topological polar surface area (TPSA) is 78.1 Å². The van der Waals surface area contributed by atoms with Gasteiger partial charge in [0.15, 0.2) is 11.5 Å². The lowest BCUT2D eigenvalue weighted by molar-refractivity contribution is 0.0462. The normalized spacial score (nSPS) is 10.8. The van der Waals surface area contributed by atoms with Crippen molar-refractivity contribution >= 4 is 35.0 Å². The van der Waals surface area contributed by atoms with E-state index in [2.05, 4.69) is 9.97 Å². The van der Waals surface area contributed by atoms with Gasteiger partial charge in [0.05, 0.1) is 5.56 Å². The van der Waals surface area contributed by atoms with Crippen LogP contribution in [0.2, 0.25) is 10.0 Å². The van der Waals surface area contributed by atoms with E-state index in [4.69, 9.17) is 33.7 Å². The van der Waals surface area contributed by atoms with Gasteiger partial charge in [-0.2, -0.15) is 0 Å². The van der Waals surface area contributed by atoms with E-state index >= 15 is 0 Å². The lowest BCUT2D eigenvalue weighted by atomic mass is 10.2. The number of carbonyl (C=O) groups excluding carboxylic acids is 1. The van der Waals surface area contributed by atoms with Crippen LogP contribution < -0.4 is 5.73 Å². The fraction of sp³-hybridized carbons (Fsp3) is 0.0556. The van der Waals surface area contributed by atoms with E-state index in [1.807, 2.05) is 0 Å². The maximum Gasteiger partial charge on any atom is 0.359 e. The number of esters is 1. The summed E-state index contributed by atoms with van der Waals surface area (Å²) in [7, 11) is 0. The molecule has 28 heavy (non-hydrogen) atoms. The summed E-state index contributed by atoms with van der Waals surface area (Å²) in [6.07, 6.45) is 0. The van der Waals surface area contributed by atoms with Crippen LogP contribution in [-0.2, 0) is 11.3 Å². The first-order valence-electron chi connectivity index (χ1n) is 7.65. The second-order valence-electron chi connectivity index (χ2n) is 5.53. The van der Waals surface area contributed by atoms with Crippen LogP contribution in [0.15, 0.2) is 36.4 Å². The third-order valence-corrected chi connectivity index (χ3v) is 4.22. The van der Waals surface area contributed by atoms with Gasteiger partial charge in [-0.15, -0.1) is 0 Å². The average Bonchev–Trinajstić information content (AvgIpc) is 2.63. The molecule has 3 aromatic rings. The number of hydrogen-bond acceptors (Lipinski definition) is 5. The summed E-state index contributed by atoms with van der Waals surface area (Å²) in [4.78, 5) is 20.1. The molecule has 0 fully saturated rings. The molecule has 2 N–H and O–H groups in total. The molecule has 0 aliphatic rings. The fourth-order valence-electron chi connectivity index (χ4n) is 2.24. The lowest BCUT2D eigenvalue weighted by Gasteiger charge is -2.10. The molecule has 0 unspecified atom stereocenters. The summed E-state index contributed by atoms with van der Waals surface area (Å²) in [5.41, 5.74) is 5.13. The van der Waals surface area contributed by atoms with Gasteiger partial charge in [0.1, 0.15) is 34.9 Å². The molecular weight excluding hydrogens is 418 g/mol. The number of ether oxygens (including phenoxy) is 1. The maximum absolute atomic E-state index is 14.1. The van der Waals surface area contributed by atoms with Gasteiger partial charge in [-0.25, -0.2) is 27.9 Å². The molecule has 5 nitrogen and oxygen atoms in total. The molecule has 0 saturated carbocycles. The van der Waals surface area contributed by atoms with Gasteiger partial charge in [-0.1, -0.05) is 23.2 Å². The van der Waals surface area contributed by atoms with Gasteiger partial charge in [0, 0.05) is 16.7 Å². The number of benzene rings is 2. The van der Waals surface area contributed by atoms with Crippen molar-refractivity contribution in [2.45, 2.75) is 6.61 Å². The number of nitrogens with zero attached hydrogens (tertiary/aromatic N) is 2. The quantitative estimate of drug-likeness (QED) is 0.604. The zero-order chi connectivity index (χ0) is 20.4. The Morgan fingerprint density at radius 1 is 1.04 bits per heavy atom. The molecular formula is C18H10Cl2F3N3O2. The van der Waals surface area contributed by atoms with Gasteiger partial charge in [0.25, 0.3) is 0 Å². The number of nitrogen functional groups attached to an aromatic ring is 1. The SMILES string of the molecule is Nc1nc(-c2ccc(Cl)cc2F)nc(C(=O)OCc2ccc(F)cc2F)c1Cl. The summed E-state index contributed by atoms with van der Waals surface area (Å²) >= 11 is 11.7. The highest BCUT2D eigenvalue weighted by molar-refractivity contribution is 6.35. The van der Waals surface area contributed by atoms with Gasteiger partial charge in [-0.3, -0.25) is 0 Å². The van der Waals surface area contributed by atoms with Crippen molar-refractivity contribution in [3.63, 3.8) is 0 Å². The summed E-state index contributed by atoms with van der Waals surface area (Å²) < 4.78 is 45.7.